The van der Waals surface area contributed by atoms with Gasteiger partial charge in [-0.1, -0.05) is 0 Å². The first kappa shape index (κ1) is 14.2. The second kappa shape index (κ2) is 5.03. The van der Waals surface area contributed by atoms with Crippen molar-refractivity contribution in [1.29, 1.82) is 0 Å². The molecule has 2 rings (SSSR count). The van der Waals surface area contributed by atoms with Crippen LogP contribution in [0, 0.1) is 0 Å². The normalized spacial score (nSPS) is 17.7. The highest BCUT2D eigenvalue weighted by atomic mass is 16.5. The lowest BCUT2D eigenvalue weighted by Gasteiger charge is -2.37. The quantitative estimate of drug-likeness (QED) is 0.893. The minimum absolute atomic E-state index is 0.00224. The number of benzene rings is 1. The molecule has 6 nitrogen and oxygen atoms in total. The van der Waals surface area contributed by atoms with Gasteiger partial charge < -0.3 is 19.7 Å². The Labute approximate surface area is 117 Å². The Hall–Kier alpha value is -2.24. The SMILES string of the molecule is COc1ccc(N2CC(=O)NC(C)(C)C2=O)cc1OC. The number of amides is 2. The van der Waals surface area contributed by atoms with E-state index in [4.69, 9.17) is 9.47 Å². The first-order valence-electron chi connectivity index (χ1n) is 6.24. The van der Waals surface area contributed by atoms with Crippen molar-refractivity contribution < 1.29 is 19.1 Å². The summed E-state index contributed by atoms with van der Waals surface area (Å²) in [6, 6.07) is 5.13. The van der Waals surface area contributed by atoms with Gasteiger partial charge in [-0.3, -0.25) is 9.59 Å². The molecule has 1 aliphatic heterocycles. The number of piperazine rings is 1. The largest absolute Gasteiger partial charge is 0.493 e. The molecule has 1 aromatic carbocycles. The molecular weight excluding hydrogens is 260 g/mol. The van der Waals surface area contributed by atoms with E-state index in [1.54, 1.807) is 39.2 Å². The van der Waals surface area contributed by atoms with E-state index in [9.17, 15) is 9.59 Å². The van der Waals surface area contributed by atoms with Crippen molar-refractivity contribution >= 4 is 17.5 Å². The van der Waals surface area contributed by atoms with Crippen molar-refractivity contribution in [1.82, 2.24) is 5.32 Å². The molecule has 0 bridgehead atoms. The molecule has 0 atom stereocenters. The fraction of sp³-hybridized carbons (Fsp3) is 0.429. The fourth-order valence-electron chi connectivity index (χ4n) is 2.20. The first-order valence-corrected chi connectivity index (χ1v) is 6.24. The third-order valence-corrected chi connectivity index (χ3v) is 3.21. The van der Waals surface area contributed by atoms with Crippen LogP contribution >= 0.6 is 0 Å². The summed E-state index contributed by atoms with van der Waals surface area (Å²) >= 11 is 0. The molecule has 2 amide bonds. The molecule has 0 unspecified atom stereocenters. The van der Waals surface area contributed by atoms with Crippen molar-refractivity contribution in [2.45, 2.75) is 19.4 Å². The van der Waals surface area contributed by atoms with Crippen molar-refractivity contribution in [3.63, 3.8) is 0 Å². The van der Waals surface area contributed by atoms with Crippen LogP contribution in [0.3, 0.4) is 0 Å². The van der Waals surface area contributed by atoms with Crippen molar-refractivity contribution in [3.8, 4) is 11.5 Å². The lowest BCUT2D eigenvalue weighted by atomic mass is 10.00. The van der Waals surface area contributed by atoms with Crippen molar-refractivity contribution in [2.75, 3.05) is 25.7 Å². The number of nitrogens with one attached hydrogen (secondary N) is 1. The third kappa shape index (κ3) is 2.41. The van der Waals surface area contributed by atoms with Gasteiger partial charge in [0.2, 0.25) is 5.91 Å². The Morgan fingerprint density at radius 2 is 1.80 bits per heavy atom. The predicted octanol–water partition coefficient (Wildman–Crippen LogP) is 0.945. The molecule has 0 aliphatic carbocycles. The van der Waals surface area contributed by atoms with Crippen LogP contribution in [0.1, 0.15) is 13.8 Å². The summed E-state index contributed by atoms with van der Waals surface area (Å²) in [5.74, 6) is 0.736. The molecule has 6 heteroatoms. The molecule has 1 aromatic rings. The number of hydrogen-bond acceptors (Lipinski definition) is 4. The summed E-state index contributed by atoms with van der Waals surface area (Å²) in [5, 5.41) is 2.67. The van der Waals surface area contributed by atoms with Gasteiger partial charge in [-0.15, -0.1) is 0 Å². The van der Waals surface area contributed by atoms with Gasteiger partial charge in [0, 0.05) is 11.8 Å². The molecule has 0 saturated carbocycles. The number of carbonyl (C=O) groups excluding carboxylic acids is 2. The van der Waals surface area contributed by atoms with Crippen molar-refractivity contribution in [3.05, 3.63) is 18.2 Å². The van der Waals surface area contributed by atoms with Gasteiger partial charge in [-0.2, -0.15) is 0 Å². The summed E-state index contributed by atoms with van der Waals surface area (Å²) in [7, 11) is 3.07. The van der Waals surface area contributed by atoms with Gasteiger partial charge in [0.1, 0.15) is 12.1 Å². The zero-order valence-corrected chi connectivity index (χ0v) is 12.0. The van der Waals surface area contributed by atoms with Crippen LogP contribution in [0.25, 0.3) is 0 Å². The summed E-state index contributed by atoms with van der Waals surface area (Å²) < 4.78 is 10.4. The first-order chi connectivity index (χ1) is 9.39. The number of nitrogens with zero attached hydrogens (tertiary/aromatic N) is 1. The maximum Gasteiger partial charge on any atom is 0.252 e. The van der Waals surface area contributed by atoms with Crippen LogP contribution in [0.2, 0.25) is 0 Å². The second-order valence-corrected chi connectivity index (χ2v) is 5.10. The average molecular weight is 278 g/mol. The highest BCUT2D eigenvalue weighted by Crippen LogP contribution is 2.32. The van der Waals surface area contributed by atoms with E-state index in [1.807, 2.05) is 0 Å². The molecular formula is C14H18N2O4. The lowest BCUT2D eigenvalue weighted by Crippen LogP contribution is -2.64. The highest BCUT2D eigenvalue weighted by molar-refractivity contribution is 6.08. The van der Waals surface area contributed by atoms with Crippen LogP contribution in [-0.2, 0) is 9.59 Å². The van der Waals surface area contributed by atoms with Gasteiger partial charge in [0.05, 0.1) is 14.2 Å². The minimum atomic E-state index is -0.914. The number of carbonyl (C=O) groups is 2. The van der Waals surface area contributed by atoms with Crippen LogP contribution in [0.4, 0.5) is 5.69 Å². The molecule has 20 heavy (non-hydrogen) atoms. The van der Waals surface area contributed by atoms with E-state index in [0.717, 1.165) is 0 Å². The molecule has 0 spiro atoms. The van der Waals surface area contributed by atoms with Gasteiger partial charge in [0.15, 0.2) is 11.5 Å². The van der Waals surface area contributed by atoms with Crippen LogP contribution in [0.15, 0.2) is 18.2 Å². The van der Waals surface area contributed by atoms with E-state index < -0.39 is 5.54 Å². The zero-order valence-electron chi connectivity index (χ0n) is 12.0. The van der Waals surface area contributed by atoms with E-state index in [-0.39, 0.29) is 18.4 Å². The smallest absolute Gasteiger partial charge is 0.252 e. The van der Waals surface area contributed by atoms with Gasteiger partial charge in [-0.25, -0.2) is 0 Å². The topological polar surface area (TPSA) is 67.9 Å². The van der Waals surface area contributed by atoms with E-state index in [0.29, 0.717) is 17.2 Å². The van der Waals surface area contributed by atoms with Gasteiger partial charge in [-0.05, 0) is 26.0 Å². The Kier molecular flexibility index (Phi) is 3.57. The Balaban J connectivity index is 2.40. The van der Waals surface area contributed by atoms with Crippen LogP contribution in [-0.4, -0.2) is 38.1 Å². The molecule has 1 saturated heterocycles. The molecule has 0 radical (unpaired) electrons. The van der Waals surface area contributed by atoms with Crippen LogP contribution in [0.5, 0.6) is 11.5 Å². The Morgan fingerprint density at radius 3 is 2.40 bits per heavy atom. The molecule has 1 N–H and O–H groups in total. The maximum absolute atomic E-state index is 12.4. The lowest BCUT2D eigenvalue weighted by molar-refractivity contribution is -0.134. The number of hydrogen-bond donors (Lipinski definition) is 1. The third-order valence-electron chi connectivity index (χ3n) is 3.21. The monoisotopic (exact) mass is 278 g/mol. The molecule has 108 valence electrons. The van der Waals surface area contributed by atoms with E-state index in [1.165, 1.54) is 12.0 Å². The Morgan fingerprint density at radius 1 is 1.15 bits per heavy atom. The van der Waals surface area contributed by atoms with E-state index >= 15 is 0 Å². The zero-order chi connectivity index (χ0) is 14.9. The van der Waals surface area contributed by atoms with Crippen LogP contribution < -0.4 is 19.7 Å². The number of methoxy groups -OCH3 is 2. The van der Waals surface area contributed by atoms with E-state index in [2.05, 4.69) is 5.32 Å². The minimum Gasteiger partial charge on any atom is -0.493 e. The van der Waals surface area contributed by atoms with Gasteiger partial charge >= 0.3 is 0 Å². The molecule has 0 aromatic heterocycles. The second-order valence-electron chi connectivity index (χ2n) is 5.10. The van der Waals surface area contributed by atoms with Crippen molar-refractivity contribution in [2.24, 2.45) is 0 Å². The molecule has 1 fully saturated rings. The molecule has 1 heterocycles. The summed E-state index contributed by atoms with van der Waals surface area (Å²) in [6.45, 7) is 3.36. The summed E-state index contributed by atoms with van der Waals surface area (Å²) in [6.07, 6.45) is 0. The predicted molar refractivity (Wildman–Crippen MR) is 74.1 cm³/mol. The maximum atomic E-state index is 12.4. The number of ether oxygens (including phenoxy) is 2. The Bertz CT molecular complexity index is 554. The number of rotatable bonds is 3. The highest BCUT2D eigenvalue weighted by Gasteiger charge is 2.39. The number of anilines is 1. The average Bonchev–Trinajstić information content (AvgIpc) is 2.41. The summed E-state index contributed by atoms with van der Waals surface area (Å²) in [4.78, 5) is 25.6. The van der Waals surface area contributed by atoms with Gasteiger partial charge in [0.25, 0.3) is 5.91 Å². The molecule has 1 aliphatic rings. The summed E-state index contributed by atoms with van der Waals surface area (Å²) in [5.41, 5.74) is -0.307. The fourth-order valence-corrected chi connectivity index (χ4v) is 2.20. The standard InChI is InChI=1S/C14H18N2O4/c1-14(2)13(18)16(8-12(17)15-14)9-5-6-10(19-3)11(7-9)20-4/h5-7H,8H2,1-4H3,(H,15,17).